The summed E-state index contributed by atoms with van der Waals surface area (Å²) in [5.74, 6) is 1.08. The van der Waals surface area contributed by atoms with Gasteiger partial charge in [-0.1, -0.05) is 44.2 Å². The van der Waals surface area contributed by atoms with Crippen LogP contribution in [0.3, 0.4) is 0 Å². The van der Waals surface area contributed by atoms with E-state index in [0.29, 0.717) is 23.3 Å². The second-order valence-electron chi connectivity index (χ2n) is 6.14. The molecule has 0 spiro atoms. The lowest BCUT2D eigenvalue weighted by Crippen LogP contribution is -2.31. The molecule has 1 aromatic heterocycles. The molecular weight excluding hydrogens is 346 g/mol. The molecular formula is C20H21N3O2S. The topological polar surface area (TPSA) is 68.5 Å². The predicted octanol–water partition coefficient (Wildman–Crippen LogP) is 5.06. The Balaban J connectivity index is 1.75. The van der Waals surface area contributed by atoms with E-state index in [0.717, 1.165) is 16.2 Å². The van der Waals surface area contributed by atoms with Crippen molar-refractivity contribution in [1.82, 2.24) is 4.98 Å². The number of hydrogen-bond acceptors (Lipinski definition) is 4. The first-order valence-electron chi connectivity index (χ1n) is 8.36. The van der Waals surface area contributed by atoms with Crippen molar-refractivity contribution < 1.29 is 9.53 Å². The number of carbonyl (C=O) groups excluding carboxylic acids is 1. The van der Waals surface area contributed by atoms with Gasteiger partial charge in [0, 0.05) is 11.1 Å². The first kappa shape index (κ1) is 17.9. The molecule has 6 heteroatoms. The molecule has 2 N–H and O–H groups in total. The van der Waals surface area contributed by atoms with E-state index in [1.807, 2.05) is 54.6 Å². The second-order valence-corrected chi connectivity index (χ2v) is 7.18. The van der Waals surface area contributed by atoms with Gasteiger partial charge in [-0.15, -0.1) is 11.3 Å². The van der Waals surface area contributed by atoms with Gasteiger partial charge in [-0.05, 0) is 35.7 Å². The van der Waals surface area contributed by atoms with E-state index in [1.165, 1.54) is 16.2 Å². The van der Waals surface area contributed by atoms with E-state index < -0.39 is 6.03 Å². The Labute approximate surface area is 157 Å². The minimum Gasteiger partial charge on any atom is -0.489 e. The molecule has 5 nitrogen and oxygen atoms in total. The van der Waals surface area contributed by atoms with Gasteiger partial charge in [0.15, 0.2) is 5.13 Å². The van der Waals surface area contributed by atoms with Crippen molar-refractivity contribution in [1.29, 1.82) is 0 Å². The molecule has 2 aromatic carbocycles. The molecule has 1 heterocycles. The Morgan fingerprint density at radius 3 is 2.42 bits per heavy atom. The van der Waals surface area contributed by atoms with Crippen LogP contribution in [0.2, 0.25) is 0 Å². The van der Waals surface area contributed by atoms with E-state index in [-0.39, 0.29) is 0 Å². The van der Waals surface area contributed by atoms with E-state index in [2.05, 4.69) is 18.8 Å². The van der Waals surface area contributed by atoms with Crippen LogP contribution in [0.1, 0.15) is 30.2 Å². The highest BCUT2D eigenvalue weighted by molar-refractivity contribution is 7.15. The maximum Gasteiger partial charge on any atom is 0.325 e. The molecule has 2 amide bonds. The highest BCUT2D eigenvalue weighted by Gasteiger charge is 2.19. The Morgan fingerprint density at radius 1 is 1.15 bits per heavy atom. The minimum absolute atomic E-state index is 0.352. The van der Waals surface area contributed by atoms with E-state index >= 15 is 0 Å². The molecule has 0 aliphatic heterocycles. The fraction of sp³-hybridized carbons (Fsp3) is 0.200. The molecule has 0 bridgehead atoms. The third-order valence-corrected chi connectivity index (χ3v) is 5.12. The van der Waals surface area contributed by atoms with Crippen molar-refractivity contribution in [3.05, 3.63) is 71.2 Å². The van der Waals surface area contributed by atoms with Gasteiger partial charge in [0.1, 0.15) is 12.4 Å². The summed E-state index contributed by atoms with van der Waals surface area (Å²) >= 11 is 1.47. The van der Waals surface area contributed by atoms with E-state index in [1.54, 1.807) is 6.20 Å². The summed E-state index contributed by atoms with van der Waals surface area (Å²) in [5, 5.41) is 0.569. The number of primary amides is 1. The van der Waals surface area contributed by atoms with E-state index in [9.17, 15) is 4.79 Å². The van der Waals surface area contributed by atoms with Crippen molar-refractivity contribution in [2.45, 2.75) is 26.4 Å². The van der Waals surface area contributed by atoms with Gasteiger partial charge < -0.3 is 10.5 Å². The summed E-state index contributed by atoms with van der Waals surface area (Å²) in [7, 11) is 0. The van der Waals surface area contributed by atoms with Gasteiger partial charge >= 0.3 is 6.03 Å². The number of thiazole rings is 1. The predicted molar refractivity (Wildman–Crippen MR) is 105 cm³/mol. The monoisotopic (exact) mass is 367 g/mol. The smallest absolute Gasteiger partial charge is 0.325 e. The molecule has 0 saturated carbocycles. The molecule has 0 saturated heterocycles. The number of hydrogen-bond donors (Lipinski definition) is 1. The fourth-order valence-electron chi connectivity index (χ4n) is 2.41. The number of nitrogens with zero attached hydrogens (tertiary/aromatic N) is 2. The third-order valence-electron chi connectivity index (χ3n) is 3.84. The molecule has 26 heavy (non-hydrogen) atoms. The Hall–Kier alpha value is -2.86. The summed E-state index contributed by atoms with van der Waals surface area (Å²) in [6.45, 7) is 4.67. The summed E-state index contributed by atoms with van der Waals surface area (Å²) < 4.78 is 5.78. The first-order chi connectivity index (χ1) is 12.5. The van der Waals surface area contributed by atoms with Crippen LogP contribution in [-0.2, 0) is 6.61 Å². The maximum atomic E-state index is 12.0. The van der Waals surface area contributed by atoms with Crippen molar-refractivity contribution in [3.63, 3.8) is 0 Å². The van der Waals surface area contributed by atoms with Gasteiger partial charge in [-0.3, -0.25) is 0 Å². The molecule has 0 unspecified atom stereocenters. The van der Waals surface area contributed by atoms with Crippen LogP contribution in [0, 0.1) is 0 Å². The first-order valence-corrected chi connectivity index (χ1v) is 9.18. The number of anilines is 2. The highest BCUT2D eigenvalue weighted by Crippen LogP contribution is 2.33. The number of rotatable bonds is 6. The standard InChI is InChI=1S/C20H21N3O2S/c1-14(2)18-12-22-20(26-18)23(19(21)24)16-8-10-17(11-9-16)25-13-15-6-4-3-5-7-15/h3-12,14H,13H2,1-2H3,(H2,21,24). The Kier molecular flexibility index (Phi) is 5.53. The zero-order valence-corrected chi connectivity index (χ0v) is 15.6. The zero-order chi connectivity index (χ0) is 18.5. The number of nitrogens with two attached hydrogens (primary N) is 1. The molecule has 0 atom stereocenters. The quantitative estimate of drug-likeness (QED) is 0.662. The van der Waals surface area contributed by atoms with Crippen molar-refractivity contribution in [3.8, 4) is 5.75 Å². The van der Waals surface area contributed by atoms with Crippen LogP contribution < -0.4 is 15.4 Å². The van der Waals surface area contributed by atoms with Gasteiger partial charge in [0.25, 0.3) is 0 Å². The Morgan fingerprint density at radius 2 is 1.85 bits per heavy atom. The summed E-state index contributed by atoms with van der Waals surface area (Å²) in [4.78, 5) is 18.8. The summed E-state index contributed by atoms with van der Waals surface area (Å²) in [6.07, 6.45) is 1.79. The van der Waals surface area contributed by atoms with Gasteiger partial charge in [-0.2, -0.15) is 0 Å². The number of aromatic nitrogens is 1. The molecule has 0 fully saturated rings. The largest absolute Gasteiger partial charge is 0.489 e. The maximum absolute atomic E-state index is 12.0. The SMILES string of the molecule is CC(C)c1cnc(N(C(N)=O)c2ccc(OCc3ccccc3)cc2)s1. The molecule has 3 aromatic rings. The molecule has 134 valence electrons. The van der Waals surface area contributed by atoms with Crippen LogP contribution in [0.4, 0.5) is 15.6 Å². The van der Waals surface area contributed by atoms with Crippen LogP contribution in [0.25, 0.3) is 0 Å². The lowest BCUT2D eigenvalue weighted by Gasteiger charge is -2.17. The van der Waals surface area contributed by atoms with Crippen LogP contribution >= 0.6 is 11.3 Å². The average Bonchev–Trinajstić information content (AvgIpc) is 3.12. The number of carbonyl (C=O) groups is 1. The average molecular weight is 367 g/mol. The normalized spacial score (nSPS) is 10.7. The van der Waals surface area contributed by atoms with Crippen LogP contribution in [-0.4, -0.2) is 11.0 Å². The highest BCUT2D eigenvalue weighted by atomic mass is 32.1. The van der Waals surface area contributed by atoms with Gasteiger partial charge in [0.05, 0.1) is 5.69 Å². The minimum atomic E-state index is -0.562. The number of benzene rings is 2. The number of ether oxygens (including phenoxy) is 1. The molecule has 0 aliphatic carbocycles. The van der Waals surface area contributed by atoms with Crippen LogP contribution in [0.15, 0.2) is 60.8 Å². The molecule has 0 radical (unpaired) electrons. The van der Waals surface area contributed by atoms with Gasteiger partial charge in [0.2, 0.25) is 0 Å². The van der Waals surface area contributed by atoms with E-state index in [4.69, 9.17) is 10.5 Å². The second kappa shape index (κ2) is 8.01. The van der Waals surface area contributed by atoms with Crippen molar-refractivity contribution in [2.75, 3.05) is 4.90 Å². The van der Waals surface area contributed by atoms with Crippen molar-refractivity contribution in [2.24, 2.45) is 5.73 Å². The zero-order valence-electron chi connectivity index (χ0n) is 14.8. The van der Waals surface area contributed by atoms with Crippen LogP contribution in [0.5, 0.6) is 5.75 Å². The molecule has 3 rings (SSSR count). The lowest BCUT2D eigenvalue weighted by molar-refractivity contribution is 0.256. The Bertz CT molecular complexity index is 860. The fourth-order valence-corrected chi connectivity index (χ4v) is 3.36. The van der Waals surface area contributed by atoms with Gasteiger partial charge in [-0.25, -0.2) is 14.7 Å². The third kappa shape index (κ3) is 4.21. The lowest BCUT2D eigenvalue weighted by atomic mass is 10.2. The summed E-state index contributed by atoms with van der Waals surface area (Å²) in [6, 6.07) is 16.7. The molecule has 0 aliphatic rings. The van der Waals surface area contributed by atoms with Crippen molar-refractivity contribution >= 4 is 28.2 Å². The number of amides is 2. The number of urea groups is 1. The summed E-state index contributed by atoms with van der Waals surface area (Å²) in [5.41, 5.74) is 7.34.